The van der Waals surface area contributed by atoms with Gasteiger partial charge in [-0.05, 0) is 25.1 Å². The average Bonchev–Trinajstić information content (AvgIpc) is 3.24. The van der Waals surface area contributed by atoms with Crippen molar-refractivity contribution in [3.8, 4) is 11.4 Å². The number of carbonyl (C=O) groups excluding carboxylic acids is 1. The summed E-state index contributed by atoms with van der Waals surface area (Å²) in [5, 5.41) is 8.73. The van der Waals surface area contributed by atoms with Crippen LogP contribution >= 0.6 is 11.6 Å². The highest BCUT2D eigenvalue weighted by Gasteiger charge is 2.20. The van der Waals surface area contributed by atoms with Gasteiger partial charge in [0.2, 0.25) is 5.91 Å². The lowest BCUT2D eigenvalue weighted by atomic mass is 10.2. The Morgan fingerprint density at radius 3 is 2.45 bits per heavy atom. The minimum atomic E-state index is 0.114. The lowest BCUT2D eigenvalue weighted by molar-refractivity contribution is -0.129. The van der Waals surface area contributed by atoms with E-state index in [0.717, 1.165) is 41.5 Å². The third-order valence-electron chi connectivity index (χ3n) is 5.76. The van der Waals surface area contributed by atoms with Crippen LogP contribution in [0.5, 0.6) is 0 Å². The Hall–Kier alpha value is -3.65. The molecule has 3 heterocycles. The maximum Gasteiger partial charge on any atom is 0.254 e. The average molecular weight is 462 g/mol. The van der Waals surface area contributed by atoms with Gasteiger partial charge in [0.25, 0.3) is 5.78 Å². The van der Waals surface area contributed by atoms with Gasteiger partial charge < -0.3 is 15.1 Å². The van der Waals surface area contributed by atoms with Crippen molar-refractivity contribution < 1.29 is 4.79 Å². The number of anilines is 3. The van der Waals surface area contributed by atoms with E-state index in [1.54, 1.807) is 11.4 Å². The van der Waals surface area contributed by atoms with Crippen molar-refractivity contribution in [3.05, 3.63) is 65.3 Å². The number of hydrogen-bond donors (Lipinski definition) is 1. The van der Waals surface area contributed by atoms with E-state index in [2.05, 4.69) is 25.3 Å². The largest absolute Gasteiger partial charge is 0.367 e. The number of carbonyl (C=O) groups is 1. The molecule has 0 spiro atoms. The van der Waals surface area contributed by atoms with Crippen molar-refractivity contribution in [1.82, 2.24) is 24.5 Å². The minimum Gasteiger partial charge on any atom is -0.367 e. The second-order valence-corrected chi connectivity index (χ2v) is 8.49. The number of amides is 1. The van der Waals surface area contributed by atoms with E-state index in [1.165, 1.54) is 0 Å². The lowest BCUT2D eigenvalue weighted by Crippen LogP contribution is -2.48. The Morgan fingerprint density at radius 1 is 1.00 bits per heavy atom. The van der Waals surface area contributed by atoms with Crippen LogP contribution < -0.4 is 10.2 Å². The van der Waals surface area contributed by atoms with Crippen LogP contribution in [-0.4, -0.2) is 56.6 Å². The van der Waals surface area contributed by atoms with Crippen molar-refractivity contribution in [2.45, 2.75) is 13.8 Å². The number of benzene rings is 2. The Bertz CT molecular complexity index is 1310. The van der Waals surface area contributed by atoms with Crippen molar-refractivity contribution in [3.63, 3.8) is 0 Å². The third-order valence-corrected chi connectivity index (χ3v) is 6.06. The fourth-order valence-electron chi connectivity index (χ4n) is 4.04. The second kappa shape index (κ2) is 8.71. The molecule has 168 valence electrons. The quantitative estimate of drug-likeness (QED) is 0.491. The molecule has 5 rings (SSSR count). The van der Waals surface area contributed by atoms with Gasteiger partial charge >= 0.3 is 0 Å². The van der Waals surface area contributed by atoms with Crippen molar-refractivity contribution >= 4 is 40.5 Å². The van der Waals surface area contributed by atoms with Gasteiger partial charge in [0.05, 0.1) is 10.7 Å². The highest BCUT2D eigenvalue weighted by molar-refractivity contribution is 6.33. The molecule has 8 nitrogen and oxygen atoms in total. The normalized spacial score (nSPS) is 14.0. The van der Waals surface area contributed by atoms with Gasteiger partial charge in [0, 0.05) is 56.1 Å². The van der Waals surface area contributed by atoms with Gasteiger partial charge in [0.15, 0.2) is 5.82 Å². The summed E-state index contributed by atoms with van der Waals surface area (Å²) >= 11 is 6.65. The molecule has 1 fully saturated rings. The molecule has 0 aliphatic carbocycles. The fourth-order valence-corrected chi connectivity index (χ4v) is 4.34. The summed E-state index contributed by atoms with van der Waals surface area (Å²) in [6, 6.07) is 17.7. The van der Waals surface area contributed by atoms with E-state index in [4.69, 9.17) is 11.6 Å². The third kappa shape index (κ3) is 4.34. The molecule has 0 atom stereocenters. The van der Waals surface area contributed by atoms with E-state index < -0.39 is 0 Å². The van der Waals surface area contributed by atoms with Crippen LogP contribution in [-0.2, 0) is 4.79 Å². The zero-order valence-corrected chi connectivity index (χ0v) is 19.3. The summed E-state index contributed by atoms with van der Waals surface area (Å²) in [4.78, 5) is 24.8. The molecular formula is C24H24ClN7O. The molecule has 2 aromatic carbocycles. The summed E-state index contributed by atoms with van der Waals surface area (Å²) < 4.78 is 1.71. The number of fused-ring (bicyclic) bond motifs is 1. The molecule has 1 N–H and O–H groups in total. The standard InChI is InChI=1S/C24H24ClN7O/c1-16-14-22(32-24(26-16)28-23(29-32)18-6-4-3-5-7-18)27-19-8-9-21(20(25)15-19)31-12-10-30(11-13-31)17(2)33/h3-9,14-15,27H,10-13H2,1-2H3. The molecule has 0 saturated carbocycles. The van der Waals surface area contributed by atoms with Gasteiger partial charge in [0.1, 0.15) is 5.82 Å². The Morgan fingerprint density at radius 2 is 1.76 bits per heavy atom. The summed E-state index contributed by atoms with van der Waals surface area (Å²) in [6.45, 7) is 6.47. The Kier molecular flexibility index (Phi) is 5.60. The monoisotopic (exact) mass is 461 g/mol. The molecule has 4 aromatic rings. The van der Waals surface area contributed by atoms with Crippen LogP contribution in [0, 0.1) is 6.92 Å². The Balaban J connectivity index is 1.40. The SMILES string of the molecule is CC(=O)N1CCN(c2ccc(Nc3cc(C)nc4nc(-c5ccccc5)nn34)cc2Cl)CC1. The lowest BCUT2D eigenvalue weighted by Gasteiger charge is -2.36. The molecule has 2 aromatic heterocycles. The smallest absolute Gasteiger partial charge is 0.254 e. The first-order valence-corrected chi connectivity index (χ1v) is 11.2. The highest BCUT2D eigenvalue weighted by Crippen LogP contribution is 2.31. The van der Waals surface area contributed by atoms with Crippen LogP contribution in [0.1, 0.15) is 12.6 Å². The maximum atomic E-state index is 11.6. The molecule has 33 heavy (non-hydrogen) atoms. The number of piperazine rings is 1. The van der Waals surface area contributed by atoms with E-state index in [1.807, 2.05) is 66.4 Å². The first-order valence-electron chi connectivity index (χ1n) is 10.8. The molecular weight excluding hydrogens is 438 g/mol. The summed E-state index contributed by atoms with van der Waals surface area (Å²) in [7, 11) is 0. The molecule has 1 aliphatic rings. The number of aryl methyl sites for hydroxylation is 1. The van der Waals surface area contributed by atoms with Gasteiger partial charge in [-0.15, -0.1) is 5.10 Å². The van der Waals surface area contributed by atoms with Crippen molar-refractivity contribution in [1.29, 1.82) is 0 Å². The topological polar surface area (TPSA) is 78.7 Å². The van der Waals surface area contributed by atoms with Crippen LogP contribution in [0.3, 0.4) is 0 Å². The highest BCUT2D eigenvalue weighted by atomic mass is 35.5. The van der Waals surface area contributed by atoms with E-state index >= 15 is 0 Å². The first-order chi connectivity index (χ1) is 16.0. The zero-order chi connectivity index (χ0) is 22.9. The first kappa shape index (κ1) is 21.2. The minimum absolute atomic E-state index is 0.114. The number of nitrogens with zero attached hydrogens (tertiary/aromatic N) is 6. The second-order valence-electron chi connectivity index (χ2n) is 8.08. The molecule has 0 unspecified atom stereocenters. The van der Waals surface area contributed by atoms with Gasteiger partial charge in [-0.25, -0.2) is 4.98 Å². The van der Waals surface area contributed by atoms with Gasteiger partial charge in [-0.2, -0.15) is 9.50 Å². The van der Waals surface area contributed by atoms with Crippen molar-refractivity contribution in [2.75, 3.05) is 36.4 Å². The van der Waals surface area contributed by atoms with Crippen LogP contribution in [0.15, 0.2) is 54.6 Å². The van der Waals surface area contributed by atoms with Crippen LogP contribution in [0.4, 0.5) is 17.2 Å². The van der Waals surface area contributed by atoms with E-state index in [0.29, 0.717) is 29.7 Å². The van der Waals surface area contributed by atoms with Crippen molar-refractivity contribution in [2.24, 2.45) is 0 Å². The van der Waals surface area contributed by atoms with E-state index in [9.17, 15) is 4.79 Å². The molecule has 1 saturated heterocycles. The fraction of sp³-hybridized carbons (Fsp3) is 0.250. The summed E-state index contributed by atoms with van der Waals surface area (Å²) in [5.74, 6) is 2.02. The molecule has 1 amide bonds. The van der Waals surface area contributed by atoms with Crippen LogP contribution in [0.25, 0.3) is 17.2 Å². The summed E-state index contributed by atoms with van der Waals surface area (Å²) in [5.41, 5.74) is 3.58. The Labute approximate surface area is 196 Å². The van der Waals surface area contributed by atoms with Crippen LogP contribution in [0.2, 0.25) is 5.02 Å². The zero-order valence-electron chi connectivity index (χ0n) is 18.5. The summed E-state index contributed by atoms with van der Waals surface area (Å²) in [6.07, 6.45) is 0. The van der Waals surface area contributed by atoms with E-state index in [-0.39, 0.29) is 5.91 Å². The predicted octanol–water partition coefficient (Wildman–Crippen LogP) is 4.17. The number of aromatic nitrogens is 4. The maximum absolute atomic E-state index is 11.6. The molecule has 0 radical (unpaired) electrons. The number of rotatable bonds is 4. The molecule has 0 bridgehead atoms. The van der Waals surface area contributed by atoms with Gasteiger partial charge in [-0.3, -0.25) is 4.79 Å². The predicted molar refractivity (Wildman–Crippen MR) is 130 cm³/mol. The number of halogens is 1. The molecule has 9 heteroatoms. The number of hydrogen-bond acceptors (Lipinski definition) is 6. The molecule has 1 aliphatic heterocycles. The number of nitrogens with one attached hydrogen (secondary N) is 1. The van der Waals surface area contributed by atoms with Gasteiger partial charge in [-0.1, -0.05) is 41.9 Å².